The molecule has 110 valence electrons. The molecule has 0 aliphatic carbocycles. The van der Waals surface area contributed by atoms with Crippen molar-refractivity contribution < 1.29 is 9.84 Å². The number of rotatable bonds is 1. The summed E-state index contributed by atoms with van der Waals surface area (Å²) >= 11 is 3.46. The fourth-order valence-electron chi connectivity index (χ4n) is 2.91. The van der Waals surface area contributed by atoms with E-state index in [1.807, 2.05) is 36.4 Å². The van der Waals surface area contributed by atoms with Crippen LogP contribution in [0.15, 0.2) is 47.1 Å². The van der Waals surface area contributed by atoms with E-state index in [1.54, 1.807) is 6.20 Å². The van der Waals surface area contributed by atoms with Crippen LogP contribution < -0.4 is 4.74 Å². The molecule has 1 N–H and O–H groups in total. The van der Waals surface area contributed by atoms with Crippen LogP contribution in [0.1, 0.15) is 31.5 Å². The Morgan fingerprint density at radius 3 is 2.76 bits per heavy atom. The Bertz CT molecular complexity index is 657. The van der Waals surface area contributed by atoms with Crippen molar-refractivity contribution in [3.05, 3.63) is 58.3 Å². The van der Waals surface area contributed by atoms with Crippen LogP contribution in [0.3, 0.4) is 0 Å². The lowest BCUT2D eigenvalue weighted by molar-refractivity contribution is 0.0265. The molecule has 3 rings (SSSR count). The molecule has 1 aliphatic rings. The molecule has 1 aliphatic heterocycles. The first-order valence-electron chi connectivity index (χ1n) is 6.97. The minimum absolute atomic E-state index is 0.155. The van der Waals surface area contributed by atoms with Gasteiger partial charge in [-0.15, -0.1) is 0 Å². The van der Waals surface area contributed by atoms with E-state index in [4.69, 9.17) is 4.74 Å². The molecule has 0 amide bonds. The van der Waals surface area contributed by atoms with Crippen molar-refractivity contribution in [1.82, 2.24) is 4.98 Å². The van der Waals surface area contributed by atoms with E-state index in [-0.39, 0.29) is 5.41 Å². The molecule has 0 bridgehead atoms. The zero-order valence-electron chi connectivity index (χ0n) is 12.1. The number of halogens is 1. The van der Waals surface area contributed by atoms with Crippen LogP contribution in [0.4, 0.5) is 0 Å². The van der Waals surface area contributed by atoms with Gasteiger partial charge in [0.15, 0.2) is 0 Å². The van der Waals surface area contributed by atoms with E-state index in [9.17, 15) is 5.11 Å². The summed E-state index contributed by atoms with van der Waals surface area (Å²) in [4.78, 5) is 4.39. The largest absolute Gasteiger partial charge is 0.493 e. The van der Waals surface area contributed by atoms with Gasteiger partial charge in [-0.1, -0.05) is 41.9 Å². The van der Waals surface area contributed by atoms with E-state index in [0.29, 0.717) is 24.5 Å². The predicted molar refractivity (Wildman–Crippen MR) is 85.3 cm³/mol. The standard InChI is InChI=1S/C17H18BrNO2/c1-16(2)10-17(20,15-5-3-4-8-19-15)13-7-6-12(18)9-14(13)21-11-16/h3-9,20H,10-11H2,1-2H3. The summed E-state index contributed by atoms with van der Waals surface area (Å²) in [5.41, 5.74) is 0.136. The van der Waals surface area contributed by atoms with Crippen molar-refractivity contribution >= 4 is 15.9 Å². The van der Waals surface area contributed by atoms with E-state index >= 15 is 0 Å². The first-order chi connectivity index (χ1) is 9.91. The maximum absolute atomic E-state index is 11.4. The van der Waals surface area contributed by atoms with Crippen molar-refractivity contribution in [1.29, 1.82) is 0 Å². The van der Waals surface area contributed by atoms with E-state index < -0.39 is 5.60 Å². The molecule has 21 heavy (non-hydrogen) atoms. The van der Waals surface area contributed by atoms with Gasteiger partial charge in [-0.3, -0.25) is 4.98 Å². The summed E-state index contributed by atoms with van der Waals surface area (Å²) in [6.07, 6.45) is 2.27. The summed E-state index contributed by atoms with van der Waals surface area (Å²) in [7, 11) is 0. The van der Waals surface area contributed by atoms with Gasteiger partial charge in [0, 0.05) is 21.6 Å². The van der Waals surface area contributed by atoms with Gasteiger partial charge in [0.25, 0.3) is 0 Å². The minimum Gasteiger partial charge on any atom is -0.493 e. The van der Waals surface area contributed by atoms with Gasteiger partial charge in [-0.2, -0.15) is 0 Å². The third-order valence-corrected chi connectivity index (χ3v) is 4.32. The SMILES string of the molecule is CC1(C)COc2cc(Br)ccc2C(O)(c2ccccn2)C1. The molecular formula is C17H18BrNO2. The van der Waals surface area contributed by atoms with Crippen LogP contribution in [0.25, 0.3) is 0 Å². The Hall–Kier alpha value is -1.39. The number of aliphatic hydroxyl groups is 1. The lowest BCUT2D eigenvalue weighted by atomic mass is 9.76. The topological polar surface area (TPSA) is 42.4 Å². The van der Waals surface area contributed by atoms with E-state index in [1.165, 1.54) is 0 Å². The number of ether oxygens (including phenoxy) is 1. The highest BCUT2D eigenvalue weighted by Gasteiger charge is 2.43. The summed E-state index contributed by atoms with van der Waals surface area (Å²) in [5.74, 6) is 0.711. The normalized spacial score (nSPS) is 23.8. The molecule has 4 heteroatoms. The summed E-state index contributed by atoms with van der Waals surface area (Å²) in [6.45, 7) is 4.76. The van der Waals surface area contributed by atoms with Gasteiger partial charge in [0.05, 0.1) is 12.3 Å². The number of aromatic nitrogens is 1. The molecule has 1 aromatic carbocycles. The molecule has 2 aromatic rings. The molecular weight excluding hydrogens is 330 g/mol. The molecule has 1 unspecified atom stereocenters. The van der Waals surface area contributed by atoms with Crippen molar-refractivity contribution in [3.63, 3.8) is 0 Å². The molecule has 0 spiro atoms. The van der Waals surface area contributed by atoms with Crippen LogP contribution >= 0.6 is 15.9 Å². The monoisotopic (exact) mass is 347 g/mol. The highest BCUT2D eigenvalue weighted by Crippen LogP contribution is 2.46. The van der Waals surface area contributed by atoms with Crippen molar-refractivity contribution in [2.24, 2.45) is 5.41 Å². The van der Waals surface area contributed by atoms with Crippen LogP contribution in [0.2, 0.25) is 0 Å². The second-order valence-electron chi connectivity index (χ2n) is 6.35. The van der Waals surface area contributed by atoms with Gasteiger partial charge < -0.3 is 9.84 Å². The Morgan fingerprint density at radius 2 is 2.05 bits per heavy atom. The molecule has 0 saturated heterocycles. The van der Waals surface area contributed by atoms with Crippen molar-refractivity contribution in [2.45, 2.75) is 25.9 Å². The van der Waals surface area contributed by atoms with Gasteiger partial charge in [0.2, 0.25) is 0 Å². The fourth-order valence-corrected chi connectivity index (χ4v) is 3.25. The van der Waals surface area contributed by atoms with Gasteiger partial charge in [-0.25, -0.2) is 0 Å². The average molecular weight is 348 g/mol. The molecule has 1 atom stereocenters. The van der Waals surface area contributed by atoms with Crippen molar-refractivity contribution in [3.8, 4) is 5.75 Å². The smallest absolute Gasteiger partial charge is 0.136 e. The molecule has 0 saturated carbocycles. The highest BCUT2D eigenvalue weighted by atomic mass is 79.9. The summed E-state index contributed by atoms with van der Waals surface area (Å²) in [5, 5.41) is 11.4. The van der Waals surface area contributed by atoms with Gasteiger partial charge in [0.1, 0.15) is 11.4 Å². The number of pyridine rings is 1. The third-order valence-electron chi connectivity index (χ3n) is 3.83. The highest BCUT2D eigenvalue weighted by molar-refractivity contribution is 9.10. The van der Waals surface area contributed by atoms with Crippen molar-refractivity contribution in [2.75, 3.05) is 6.61 Å². The first-order valence-corrected chi connectivity index (χ1v) is 7.77. The fraction of sp³-hybridized carbons (Fsp3) is 0.353. The Balaban J connectivity index is 2.21. The van der Waals surface area contributed by atoms with E-state index in [2.05, 4.69) is 34.8 Å². The maximum atomic E-state index is 11.4. The van der Waals surface area contributed by atoms with Gasteiger partial charge >= 0.3 is 0 Å². The number of nitrogens with zero attached hydrogens (tertiary/aromatic N) is 1. The molecule has 1 aromatic heterocycles. The van der Waals surface area contributed by atoms with Crippen LogP contribution in [-0.2, 0) is 5.60 Å². The average Bonchev–Trinajstić information content (AvgIpc) is 2.55. The zero-order valence-corrected chi connectivity index (χ0v) is 13.7. The zero-order chi connectivity index (χ0) is 15.1. The van der Waals surface area contributed by atoms with Gasteiger partial charge in [-0.05, 0) is 30.7 Å². The van der Waals surface area contributed by atoms with Crippen LogP contribution in [0, 0.1) is 5.41 Å². The maximum Gasteiger partial charge on any atom is 0.136 e. The van der Waals surface area contributed by atoms with E-state index in [0.717, 1.165) is 10.0 Å². The molecule has 0 fully saturated rings. The molecule has 0 radical (unpaired) electrons. The predicted octanol–water partition coefficient (Wildman–Crippen LogP) is 3.89. The first kappa shape index (κ1) is 14.5. The number of fused-ring (bicyclic) bond motifs is 1. The summed E-state index contributed by atoms with van der Waals surface area (Å²) < 4.78 is 6.88. The number of hydrogen-bond donors (Lipinski definition) is 1. The minimum atomic E-state index is -1.14. The number of hydrogen-bond acceptors (Lipinski definition) is 3. The Labute approximate surface area is 133 Å². The summed E-state index contributed by atoms with van der Waals surface area (Å²) in [6, 6.07) is 11.4. The number of benzene rings is 1. The second kappa shape index (κ2) is 5.11. The van der Waals surface area contributed by atoms with Crippen LogP contribution in [0.5, 0.6) is 5.75 Å². The lowest BCUT2D eigenvalue weighted by Gasteiger charge is -2.32. The quantitative estimate of drug-likeness (QED) is 0.850. The lowest BCUT2D eigenvalue weighted by Crippen LogP contribution is -2.34. The Kier molecular flexibility index (Phi) is 3.54. The molecule has 2 heterocycles. The molecule has 3 nitrogen and oxygen atoms in total. The van der Waals surface area contributed by atoms with Crippen LogP contribution in [-0.4, -0.2) is 16.7 Å². The third kappa shape index (κ3) is 2.70. The second-order valence-corrected chi connectivity index (χ2v) is 7.26. The Morgan fingerprint density at radius 1 is 1.24 bits per heavy atom.